The summed E-state index contributed by atoms with van der Waals surface area (Å²) in [6.45, 7) is 2.26. The van der Waals surface area contributed by atoms with Gasteiger partial charge in [0.05, 0.1) is 22.8 Å². The van der Waals surface area contributed by atoms with Crippen LogP contribution < -0.4 is 10.2 Å². The lowest BCUT2D eigenvalue weighted by atomic mass is 9.78. The van der Waals surface area contributed by atoms with Gasteiger partial charge in [0, 0.05) is 37.3 Å². The second kappa shape index (κ2) is 10.2. The Labute approximate surface area is 208 Å². The molecule has 2 heterocycles. The number of aliphatic hydroxyl groups excluding tert-OH is 1. The van der Waals surface area contributed by atoms with Crippen LogP contribution in [-0.2, 0) is 9.59 Å². The molecule has 1 atom stereocenters. The number of hydrogen-bond acceptors (Lipinski definition) is 5. The van der Waals surface area contributed by atoms with Gasteiger partial charge in [0.15, 0.2) is 0 Å². The van der Waals surface area contributed by atoms with Gasteiger partial charge >= 0.3 is 0 Å². The Hall–Kier alpha value is -2.59. The van der Waals surface area contributed by atoms with Crippen LogP contribution in [0.25, 0.3) is 0 Å². The number of nitriles is 1. The molecule has 0 radical (unpaired) electrons. The summed E-state index contributed by atoms with van der Waals surface area (Å²) in [6.07, 6.45) is 11.1. The summed E-state index contributed by atoms with van der Waals surface area (Å²) >= 11 is 0. The second-order valence-electron chi connectivity index (χ2n) is 11.2. The van der Waals surface area contributed by atoms with E-state index in [2.05, 4.69) is 21.2 Å². The van der Waals surface area contributed by atoms with Gasteiger partial charge in [0.2, 0.25) is 11.8 Å². The standard InChI is InChI=1S/C28H38N4O3/c29-18-21-17-22(30-26(34)20-5-2-1-3-6-20)7-12-25(21)31-15-4-13-28(19-31)14-16-32(27(28)35)23-8-10-24(33)11-9-23/h7,12,17,20,23-24,33H,1-6,8-11,13-16,19H2,(H,30,34)/t23-,24-,28?. The number of amides is 2. The molecule has 0 bridgehead atoms. The lowest BCUT2D eigenvalue weighted by Crippen LogP contribution is -2.50. The SMILES string of the molecule is N#Cc1cc(NC(=O)C2CCCCC2)ccc1N1CCCC2(CCN([C@H]3CC[C@H](O)CC3)C2=O)C1. The van der Waals surface area contributed by atoms with Crippen molar-refractivity contribution in [2.75, 3.05) is 29.9 Å². The summed E-state index contributed by atoms with van der Waals surface area (Å²) in [5.41, 5.74) is 1.70. The zero-order chi connectivity index (χ0) is 24.4. The van der Waals surface area contributed by atoms with Crippen LogP contribution in [-0.4, -0.2) is 53.6 Å². The fraction of sp³-hybridized carbons (Fsp3) is 0.679. The van der Waals surface area contributed by atoms with E-state index in [0.717, 1.165) is 89.4 Å². The molecule has 1 unspecified atom stereocenters. The number of benzene rings is 1. The van der Waals surface area contributed by atoms with E-state index in [1.807, 2.05) is 12.1 Å². The zero-order valence-electron chi connectivity index (χ0n) is 20.7. The minimum absolute atomic E-state index is 0.0603. The number of carbonyl (C=O) groups excluding carboxylic acids is 2. The third-order valence-corrected chi connectivity index (χ3v) is 8.93. The van der Waals surface area contributed by atoms with E-state index in [0.29, 0.717) is 17.8 Å². The van der Waals surface area contributed by atoms with Crippen LogP contribution >= 0.6 is 0 Å². The molecule has 1 aromatic rings. The number of rotatable bonds is 4. The van der Waals surface area contributed by atoms with Crippen molar-refractivity contribution in [3.63, 3.8) is 0 Å². The Morgan fingerprint density at radius 3 is 2.54 bits per heavy atom. The molecule has 7 heteroatoms. The monoisotopic (exact) mass is 478 g/mol. The number of nitrogens with one attached hydrogen (secondary N) is 1. The summed E-state index contributed by atoms with van der Waals surface area (Å²) in [6, 6.07) is 8.20. The predicted octanol–water partition coefficient (Wildman–Crippen LogP) is 4.20. The lowest BCUT2D eigenvalue weighted by Gasteiger charge is -2.41. The van der Waals surface area contributed by atoms with Gasteiger partial charge in [-0.1, -0.05) is 19.3 Å². The third kappa shape index (κ3) is 4.91. The summed E-state index contributed by atoms with van der Waals surface area (Å²) in [7, 11) is 0. The number of anilines is 2. The maximum atomic E-state index is 13.6. The van der Waals surface area contributed by atoms with E-state index >= 15 is 0 Å². The van der Waals surface area contributed by atoms with Gasteiger partial charge in [0.1, 0.15) is 6.07 Å². The van der Waals surface area contributed by atoms with Gasteiger partial charge in [-0.3, -0.25) is 9.59 Å². The molecule has 2 saturated heterocycles. The number of likely N-dealkylation sites (tertiary alicyclic amines) is 1. The number of piperidine rings is 1. The van der Waals surface area contributed by atoms with Crippen LogP contribution in [0.4, 0.5) is 11.4 Å². The van der Waals surface area contributed by atoms with Crippen LogP contribution in [0.5, 0.6) is 0 Å². The molecule has 1 spiro atoms. The summed E-state index contributed by atoms with van der Waals surface area (Å²) in [4.78, 5) is 30.6. The Bertz CT molecular complexity index is 990. The van der Waals surface area contributed by atoms with E-state index in [1.54, 1.807) is 6.07 Å². The Morgan fingerprint density at radius 2 is 1.80 bits per heavy atom. The first kappa shape index (κ1) is 24.1. The van der Waals surface area contributed by atoms with Gasteiger partial charge in [0.25, 0.3) is 0 Å². The molecule has 4 fully saturated rings. The van der Waals surface area contributed by atoms with Gasteiger partial charge in [-0.25, -0.2) is 0 Å². The van der Waals surface area contributed by atoms with Crippen LogP contribution in [0, 0.1) is 22.7 Å². The Balaban J connectivity index is 1.28. The van der Waals surface area contributed by atoms with Crippen molar-refractivity contribution in [1.29, 1.82) is 5.26 Å². The smallest absolute Gasteiger partial charge is 0.230 e. The molecular formula is C28H38N4O3. The molecule has 2 saturated carbocycles. The highest BCUT2D eigenvalue weighted by molar-refractivity contribution is 5.93. The average molecular weight is 479 g/mol. The van der Waals surface area contributed by atoms with Crippen molar-refractivity contribution in [2.24, 2.45) is 11.3 Å². The zero-order valence-corrected chi connectivity index (χ0v) is 20.7. The van der Waals surface area contributed by atoms with Crippen LogP contribution in [0.15, 0.2) is 18.2 Å². The van der Waals surface area contributed by atoms with Crippen molar-refractivity contribution < 1.29 is 14.7 Å². The van der Waals surface area contributed by atoms with E-state index in [-0.39, 0.29) is 35.3 Å². The number of hydrogen-bond donors (Lipinski definition) is 2. The first-order chi connectivity index (χ1) is 17.0. The normalized spacial score (nSPS) is 29.9. The average Bonchev–Trinajstić information content (AvgIpc) is 3.19. The highest BCUT2D eigenvalue weighted by Crippen LogP contribution is 2.44. The summed E-state index contributed by atoms with van der Waals surface area (Å²) in [5, 5.41) is 22.8. The summed E-state index contributed by atoms with van der Waals surface area (Å²) < 4.78 is 0. The first-order valence-electron chi connectivity index (χ1n) is 13.6. The minimum atomic E-state index is -0.380. The van der Waals surface area contributed by atoms with Crippen molar-refractivity contribution in [1.82, 2.24) is 4.90 Å². The maximum Gasteiger partial charge on any atom is 0.230 e. The van der Waals surface area contributed by atoms with Crippen molar-refractivity contribution >= 4 is 23.2 Å². The second-order valence-corrected chi connectivity index (χ2v) is 11.2. The van der Waals surface area contributed by atoms with Crippen molar-refractivity contribution in [3.8, 4) is 6.07 Å². The molecule has 0 aromatic heterocycles. The van der Waals surface area contributed by atoms with Gasteiger partial charge in [-0.05, 0) is 76.0 Å². The maximum absolute atomic E-state index is 13.6. The molecule has 5 rings (SSSR count). The minimum Gasteiger partial charge on any atom is -0.393 e. The van der Waals surface area contributed by atoms with E-state index in [4.69, 9.17) is 0 Å². The summed E-state index contributed by atoms with van der Waals surface area (Å²) in [5.74, 6) is 0.392. The van der Waals surface area contributed by atoms with Gasteiger partial charge in [-0.2, -0.15) is 5.26 Å². The van der Waals surface area contributed by atoms with E-state index in [1.165, 1.54) is 6.42 Å². The van der Waals surface area contributed by atoms with E-state index in [9.17, 15) is 20.0 Å². The quantitative estimate of drug-likeness (QED) is 0.676. The molecule has 188 valence electrons. The van der Waals surface area contributed by atoms with Crippen LogP contribution in [0.1, 0.15) is 82.6 Å². The Morgan fingerprint density at radius 1 is 1.03 bits per heavy atom. The fourth-order valence-corrected chi connectivity index (χ4v) is 6.87. The predicted molar refractivity (Wildman–Crippen MR) is 135 cm³/mol. The third-order valence-electron chi connectivity index (χ3n) is 8.93. The highest BCUT2D eigenvalue weighted by atomic mass is 16.3. The van der Waals surface area contributed by atoms with Crippen LogP contribution in [0.3, 0.4) is 0 Å². The molecule has 2 aliphatic heterocycles. The van der Waals surface area contributed by atoms with Crippen molar-refractivity contribution in [2.45, 2.75) is 89.2 Å². The fourth-order valence-electron chi connectivity index (χ4n) is 6.87. The molecule has 35 heavy (non-hydrogen) atoms. The topological polar surface area (TPSA) is 96.7 Å². The van der Waals surface area contributed by atoms with E-state index < -0.39 is 0 Å². The molecule has 4 aliphatic rings. The molecule has 7 nitrogen and oxygen atoms in total. The number of nitrogens with zero attached hydrogens (tertiary/aromatic N) is 3. The molecule has 2 N–H and O–H groups in total. The van der Waals surface area contributed by atoms with Crippen molar-refractivity contribution in [3.05, 3.63) is 23.8 Å². The highest BCUT2D eigenvalue weighted by Gasteiger charge is 2.50. The largest absolute Gasteiger partial charge is 0.393 e. The molecule has 2 amide bonds. The first-order valence-corrected chi connectivity index (χ1v) is 13.6. The molecular weight excluding hydrogens is 440 g/mol. The Kier molecular flexibility index (Phi) is 7.02. The number of aliphatic hydroxyl groups is 1. The van der Waals surface area contributed by atoms with Crippen LogP contribution in [0.2, 0.25) is 0 Å². The number of carbonyl (C=O) groups is 2. The van der Waals surface area contributed by atoms with Gasteiger partial charge in [-0.15, -0.1) is 0 Å². The molecule has 1 aromatic carbocycles. The van der Waals surface area contributed by atoms with Gasteiger partial charge < -0.3 is 20.2 Å². The lowest BCUT2D eigenvalue weighted by molar-refractivity contribution is -0.139. The molecule has 2 aliphatic carbocycles.